The van der Waals surface area contributed by atoms with Crippen LogP contribution in [0, 0.1) is 0 Å². The predicted molar refractivity (Wildman–Crippen MR) is 131 cm³/mol. The second-order valence-electron chi connectivity index (χ2n) is 7.55. The number of hydrogen-bond donors (Lipinski definition) is 0. The molecule has 0 radical (unpaired) electrons. The van der Waals surface area contributed by atoms with E-state index in [0.29, 0.717) is 72.7 Å². The highest BCUT2D eigenvalue weighted by atomic mass is 79.9. The van der Waals surface area contributed by atoms with Crippen molar-refractivity contribution in [2.24, 2.45) is 0 Å². The molecule has 0 unspecified atom stereocenters. The summed E-state index contributed by atoms with van der Waals surface area (Å²) in [7, 11) is 0. The van der Waals surface area contributed by atoms with Crippen molar-refractivity contribution in [3.05, 3.63) is 0 Å². The van der Waals surface area contributed by atoms with Crippen molar-refractivity contribution >= 4 is 15.9 Å². The van der Waals surface area contributed by atoms with Crippen LogP contribution in [0.5, 0.6) is 0 Å². The SMILES string of the molecule is CCCCCCCCCCCCOCCOCCOCCOCCOCCOCCBr. The Balaban J connectivity index is 2.98. The zero-order chi connectivity index (χ0) is 22.5. The van der Waals surface area contributed by atoms with Crippen LogP contribution in [0.3, 0.4) is 0 Å². The molecule has 0 aromatic carbocycles. The van der Waals surface area contributed by atoms with E-state index in [0.717, 1.165) is 18.4 Å². The zero-order valence-corrected chi connectivity index (χ0v) is 21.7. The molecule has 0 fully saturated rings. The maximum Gasteiger partial charge on any atom is 0.0701 e. The third-order valence-electron chi connectivity index (χ3n) is 4.72. The first-order valence-corrected chi connectivity index (χ1v) is 13.6. The average Bonchev–Trinajstić information content (AvgIpc) is 2.78. The van der Waals surface area contributed by atoms with E-state index in [1.807, 2.05) is 0 Å². The number of rotatable bonds is 28. The summed E-state index contributed by atoms with van der Waals surface area (Å²) >= 11 is 3.30. The highest BCUT2D eigenvalue weighted by Crippen LogP contribution is 2.10. The molecule has 0 saturated heterocycles. The maximum absolute atomic E-state index is 5.62. The van der Waals surface area contributed by atoms with Gasteiger partial charge in [-0.1, -0.05) is 80.6 Å². The predicted octanol–water partition coefficient (Wildman–Crippen LogP) is 5.40. The quantitative estimate of drug-likeness (QED) is 0.103. The molecular formula is C24H49BrO6. The van der Waals surface area contributed by atoms with Crippen molar-refractivity contribution in [3.63, 3.8) is 0 Å². The van der Waals surface area contributed by atoms with Crippen LogP contribution in [-0.4, -0.2) is 84.6 Å². The fourth-order valence-electron chi connectivity index (χ4n) is 2.95. The van der Waals surface area contributed by atoms with Gasteiger partial charge in [-0.3, -0.25) is 0 Å². The standard InChI is InChI=1S/C24H49BrO6/c1-2-3-4-5-6-7-8-9-10-11-13-26-15-17-28-19-21-30-23-24-31-22-20-29-18-16-27-14-12-25/h2-24H2,1H3. The summed E-state index contributed by atoms with van der Waals surface area (Å²) in [5.41, 5.74) is 0. The summed E-state index contributed by atoms with van der Waals surface area (Å²) in [5.74, 6) is 0. The Kier molecular flexibility index (Phi) is 30.5. The fourth-order valence-corrected chi connectivity index (χ4v) is 3.18. The first-order valence-electron chi connectivity index (χ1n) is 12.4. The van der Waals surface area contributed by atoms with Crippen molar-refractivity contribution in [1.29, 1.82) is 0 Å². The Bertz CT molecular complexity index is 282. The Hall–Kier alpha value is 0.240. The number of ether oxygens (including phenoxy) is 6. The minimum absolute atomic E-state index is 0.575. The Morgan fingerprint density at radius 2 is 0.645 bits per heavy atom. The van der Waals surface area contributed by atoms with Gasteiger partial charge in [0.2, 0.25) is 0 Å². The van der Waals surface area contributed by atoms with E-state index in [1.54, 1.807) is 0 Å². The van der Waals surface area contributed by atoms with Gasteiger partial charge in [-0.15, -0.1) is 0 Å². The summed E-state index contributed by atoms with van der Waals surface area (Å²) < 4.78 is 32.7. The van der Waals surface area contributed by atoms with E-state index in [-0.39, 0.29) is 0 Å². The molecule has 7 heteroatoms. The van der Waals surface area contributed by atoms with Crippen molar-refractivity contribution in [2.75, 3.05) is 84.6 Å². The van der Waals surface area contributed by atoms with Crippen LogP contribution in [0.15, 0.2) is 0 Å². The van der Waals surface area contributed by atoms with E-state index >= 15 is 0 Å². The van der Waals surface area contributed by atoms with E-state index in [9.17, 15) is 0 Å². The number of unbranched alkanes of at least 4 members (excludes halogenated alkanes) is 9. The van der Waals surface area contributed by atoms with Crippen molar-refractivity contribution < 1.29 is 28.4 Å². The van der Waals surface area contributed by atoms with E-state index in [2.05, 4.69) is 22.9 Å². The van der Waals surface area contributed by atoms with Gasteiger partial charge < -0.3 is 28.4 Å². The lowest BCUT2D eigenvalue weighted by Gasteiger charge is -2.08. The average molecular weight is 514 g/mol. The smallest absolute Gasteiger partial charge is 0.0701 e. The molecule has 0 aliphatic heterocycles. The first kappa shape index (κ1) is 31.2. The highest BCUT2D eigenvalue weighted by Gasteiger charge is 1.95. The third kappa shape index (κ3) is 30.2. The molecule has 0 rings (SSSR count). The lowest BCUT2D eigenvalue weighted by Crippen LogP contribution is -2.14. The van der Waals surface area contributed by atoms with Gasteiger partial charge in [0.25, 0.3) is 0 Å². The number of halogens is 1. The van der Waals surface area contributed by atoms with Crippen LogP contribution in [-0.2, 0) is 28.4 Å². The second kappa shape index (κ2) is 30.2. The molecule has 0 heterocycles. The summed E-state index contributed by atoms with van der Waals surface area (Å²) in [4.78, 5) is 0. The molecule has 0 bridgehead atoms. The molecule has 0 N–H and O–H groups in total. The van der Waals surface area contributed by atoms with Gasteiger partial charge in [0.15, 0.2) is 0 Å². The maximum atomic E-state index is 5.62. The lowest BCUT2D eigenvalue weighted by atomic mass is 10.1. The van der Waals surface area contributed by atoms with Crippen LogP contribution in [0.1, 0.15) is 71.1 Å². The van der Waals surface area contributed by atoms with Crippen molar-refractivity contribution in [1.82, 2.24) is 0 Å². The van der Waals surface area contributed by atoms with E-state index in [4.69, 9.17) is 28.4 Å². The summed E-state index contributed by atoms with van der Waals surface area (Å²) in [6.45, 7) is 9.86. The summed E-state index contributed by atoms with van der Waals surface area (Å²) in [6, 6.07) is 0. The topological polar surface area (TPSA) is 55.4 Å². The molecule has 188 valence electrons. The van der Waals surface area contributed by atoms with Gasteiger partial charge in [0.1, 0.15) is 0 Å². The van der Waals surface area contributed by atoms with Crippen LogP contribution in [0.25, 0.3) is 0 Å². The monoisotopic (exact) mass is 512 g/mol. The van der Waals surface area contributed by atoms with Crippen LogP contribution < -0.4 is 0 Å². The number of hydrogen-bond acceptors (Lipinski definition) is 6. The fraction of sp³-hybridized carbons (Fsp3) is 1.00. The largest absolute Gasteiger partial charge is 0.379 e. The summed E-state index contributed by atoms with van der Waals surface area (Å²) in [6.07, 6.45) is 13.5. The molecule has 0 spiro atoms. The molecule has 0 aromatic heterocycles. The molecule has 0 aromatic rings. The first-order chi connectivity index (χ1) is 15.4. The molecule has 0 aliphatic carbocycles. The molecule has 6 nitrogen and oxygen atoms in total. The van der Waals surface area contributed by atoms with Crippen LogP contribution >= 0.6 is 15.9 Å². The molecule has 0 amide bonds. The summed E-state index contributed by atoms with van der Waals surface area (Å²) in [5, 5.41) is 0.856. The molecule has 0 saturated carbocycles. The van der Waals surface area contributed by atoms with E-state index in [1.165, 1.54) is 57.8 Å². The van der Waals surface area contributed by atoms with Gasteiger partial charge in [0, 0.05) is 11.9 Å². The Labute approximate surface area is 200 Å². The molecule has 0 aliphatic rings. The van der Waals surface area contributed by atoms with Crippen LogP contribution in [0.4, 0.5) is 0 Å². The van der Waals surface area contributed by atoms with Gasteiger partial charge in [-0.25, -0.2) is 0 Å². The molecular weight excluding hydrogens is 464 g/mol. The third-order valence-corrected chi connectivity index (χ3v) is 5.05. The minimum atomic E-state index is 0.575. The zero-order valence-electron chi connectivity index (χ0n) is 20.1. The number of alkyl halides is 1. The van der Waals surface area contributed by atoms with Crippen molar-refractivity contribution in [2.45, 2.75) is 71.1 Å². The molecule has 31 heavy (non-hydrogen) atoms. The minimum Gasteiger partial charge on any atom is -0.379 e. The Morgan fingerprint density at radius 3 is 1.00 bits per heavy atom. The lowest BCUT2D eigenvalue weighted by molar-refractivity contribution is -0.0162. The molecule has 0 atom stereocenters. The van der Waals surface area contributed by atoms with E-state index < -0.39 is 0 Å². The van der Waals surface area contributed by atoms with Crippen molar-refractivity contribution in [3.8, 4) is 0 Å². The highest BCUT2D eigenvalue weighted by molar-refractivity contribution is 9.09. The Morgan fingerprint density at radius 1 is 0.355 bits per heavy atom. The normalized spacial score (nSPS) is 11.4. The van der Waals surface area contributed by atoms with Crippen LogP contribution in [0.2, 0.25) is 0 Å². The van der Waals surface area contributed by atoms with Gasteiger partial charge in [-0.2, -0.15) is 0 Å². The second-order valence-corrected chi connectivity index (χ2v) is 8.34. The van der Waals surface area contributed by atoms with Gasteiger partial charge >= 0.3 is 0 Å². The van der Waals surface area contributed by atoms with Gasteiger partial charge in [0.05, 0.1) is 72.7 Å². The van der Waals surface area contributed by atoms with Gasteiger partial charge in [-0.05, 0) is 6.42 Å².